The van der Waals surface area contributed by atoms with Crippen LogP contribution < -0.4 is 4.74 Å². The number of H-pyrrole nitrogens is 1. The lowest BCUT2D eigenvalue weighted by Gasteiger charge is -2.04. The van der Waals surface area contributed by atoms with Gasteiger partial charge in [0, 0.05) is 0 Å². The van der Waals surface area contributed by atoms with E-state index >= 15 is 0 Å². The summed E-state index contributed by atoms with van der Waals surface area (Å²) in [5, 5.41) is 0. The van der Waals surface area contributed by atoms with Crippen LogP contribution in [0.5, 0.6) is 5.75 Å². The van der Waals surface area contributed by atoms with Crippen LogP contribution in [-0.2, 0) is 13.0 Å². The Morgan fingerprint density at radius 3 is 2.65 bits per heavy atom. The fraction of sp³-hybridized carbons (Fsp3) is 0.235. The van der Waals surface area contributed by atoms with Crippen LogP contribution >= 0.6 is 0 Å². The van der Waals surface area contributed by atoms with E-state index in [1.807, 2.05) is 18.2 Å². The molecule has 0 unspecified atom stereocenters. The normalized spacial score (nSPS) is 10.9. The number of benzene rings is 2. The lowest BCUT2D eigenvalue weighted by atomic mass is 10.2. The third-order valence-corrected chi connectivity index (χ3v) is 3.39. The van der Waals surface area contributed by atoms with E-state index < -0.39 is 0 Å². The molecule has 102 valence electrons. The SMILES string of the molecule is CCc1ccc(OCc2nc3ccc(C)cc3[nH]2)cc1. The molecule has 0 bridgehead atoms. The van der Waals surface area contributed by atoms with Gasteiger partial charge in [-0.15, -0.1) is 0 Å². The number of nitrogens with one attached hydrogen (secondary N) is 1. The number of ether oxygens (including phenoxy) is 1. The first-order valence-corrected chi connectivity index (χ1v) is 6.91. The lowest BCUT2D eigenvalue weighted by molar-refractivity contribution is 0.297. The highest BCUT2D eigenvalue weighted by atomic mass is 16.5. The Bertz CT molecular complexity index is 713. The molecular formula is C17H18N2O. The molecule has 3 rings (SSSR count). The number of aromatic amines is 1. The Balaban J connectivity index is 1.72. The maximum absolute atomic E-state index is 5.76. The Kier molecular flexibility index (Phi) is 3.42. The molecule has 0 aliphatic carbocycles. The fourth-order valence-corrected chi connectivity index (χ4v) is 2.22. The summed E-state index contributed by atoms with van der Waals surface area (Å²) in [4.78, 5) is 7.82. The largest absolute Gasteiger partial charge is 0.486 e. The highest BCUT2D eigenvalue weighted by Crippen LogP contribution is 2.16. The van der Waals surface area contributed by atoms with Crippen molar-refractivity contribution in [2.45, 2.75) is 26.9 Å². The van der Waals surface area contributed by atoms with Gasteiger partial charge in [0.2, 0.25) is 0 Å². The summed E-state index contributed by atoms with van der Waals surface area (Å²) in [5.74, 6) is 1.73. The lowest BCUT2D eigenvalue weighted by Crippen LogP contribution is -1.97. The van der Waals surface area contributed by atoms with Gasteiger partial charge in [-0.2, -0.15) is 0 Å². The van der Waals surface area contributed by atoms with E-state index in [0.29, 0.717) is 6.61 Å². The molecular weight excluding hydrogens is 248 g/mol. The molecule has 3 aromatic rings. The number of aryl methyl sites for hydroxylation is 2. The van der Waals surface area contributed by atoms with Gasteiger partial charge in [-0.3, -0.25) is 0 Å². The molecule has 0 saturated carbocycles. The van der Waals surface area contributed by atoms with Crippen LogP contribution in [0.4, 0.5) is 0 Å². The van der Waals surface area contributed by atoms with Gasteiger partial charge in [0.25, 0.3) is 0 Å². The summed E-state index contributed by atoms with van der Waals surface area (Å²) in [7, 11) is 0. The summed E-state index contributed by atoms with van der Waals surface area (Å²) < 4.78 is 5.76. The molecule has 0 spiro atoms. The van der Waals surface area contributed by atoms with E-state index in [1.54, 1.807) is 0 Å². The first-order chi connectivity index (χ1) is 9.74. The van der Waals surface area contributed by atoms with Gasteiger partial charge >= 0.3 is 0 Å². The van der Waals surface area contributed by atoms with Crippen LogP contribution in [0.2, 0.25) is 0 Å². The van der Waals surface area contributed by atoms with Gasteiger partial charge in [-0.05, 0) is 48.7 Å². The van der Waals surface area contributed by atoms with Crippen molar-refractivity contribution >= 4 is 11.0 Å². The first-order valence-electron chi connectivity index (χ1n) is 6.91. The topological polar surface area (TPSA) is 37.9 Å². The summed E-state index contributed by atoms with van der Waals surface area (Å²) in [6, 6.07) is 14.4. The second-order valence-corrected chi connectivity index (χ2v) is 4.99. The number of nitrogens with zero attached hydrogens (tertiary/aromatic N) is 1. The van der Waals surface area contributed by atoms with E-state index in [2.05, 4.69) is 48.1 Å². The number of imidazole rings is 1. The average molecular weight is 266 g/mol. The molecule has 1 N–H and O–H groups in total. The van der Waals surface area contributed by atoms with E-state index in [4.69, 9.17) is 4.74 Å². The van der Waals surface area contributed by atoms with Crippen molar-refractivity contribution in [3.05, 3.63) is 59.4 Å². The number of hydrogen-bond donors (Lipinski definition) is 1. The number of rotatable bonds is 4. The molecule has 0 radical (unpaired) electrons. The minimum atomic E-state index is 0.458. The zero-order valence-corrected chi connectivity index (χ0v) is 11.8. The smallest absolute Gasteiger partial charge is 0.146 e. The predicted molar refractivity (Wildman–Crippen MR) is 81.0 cm³/mol. The standard InChI is InChI=1S/C17H18N2O/c1-3-13-5-7-14(8-6-13)20-11-17-18-15-9-4-12(2)10-16(15)19-17/h4-10H,3,11H2,1-2H3,(H,18,19). The fourth-order valence-electron chi connectivity index (χ4n) is 2.22. The van der Waals surface area contributed by atoms with E-state index in [-0.39, 0.29) is 0 Å². The first kappa shape index (κ1) is 12.7. The van der Waals surface area contributed by atoms with Crippen molar-refractivity contribution in [1.29, 1.82) is 0 Å². The monoisotopic (exact) mass is 266 g/mol. The highest BCUT2D eigenvalue weighted by molar-refractivity contribution is 5.75. The molecule has 2 aromatic carbocycles. The van der Waals surface area contributed by atoms with Crippen molar-refractivity contribution in [3.63, 3.8) is 0 Å². The van der Waals surface area contributed by atoms with Crippen molar-refractivity contribution in [1.82, 2.24) is 9.97 Å². The van der Waals surface area contributed by atoms with Gasteiger partial charge < -0.3 is 9.72 Å². The molecule has 20 heavy (non-hydrogen) atoms. The molecule has 1 heterocycles. The van der Waals surface area contributed by atoms with Crippen LogP contribution in [0.15, 0.2) is 42.5 Å². The van der Waals surface area contributed by atoms with Crippen LogP contribution in [-0.4, -0.2) is 9.97 Å². The second kappa shape index (κ2) is 5.37. The van der Waals surface area contributed by atoms with E-state index in [0.717, 1.165) is 29.0 Å². The quantitative estimate of drug-likeness (QED) is 0.774. The van der Waals surface area contributed by atoms with Crippen LogP contribution in [0.1, 0.15) is 23.9 Å². The molecule has 0 aliphatic rings. The van der Waals surface area contributed by atoms with Gasteiger partial charge in [0.1, 0.15) is 18.2 Å². The summed E-state index contributed by atoms with van der Waals surface area (Å²) in [5.41, 5.74) is 4.58. The second-order valence-electron chi connectivity index (χ2n) is 4.99. The van der Waals surface area contributed by atoms with Crippen molar-refractivity contribution in [3.8, 4) is 5.75 Å². The summed E-state index contributed by atoms with van der Waals surface area (Å²) >= 11 is 0. The Morgan fingerprint density at radius 1 is 1.10 bits per heavy atom. The molecule has 1 aromatic heterocycles. The van der Waals surface area contributed by atoms with Crippen LogP contribution in [0.25, 0.3) is 11.0 Å². The summed E-state index contributed by atoms with van der Waals surface area (Å²) in [6.07, 6.45) is 1.04. The summed E-state index contributed by atoms with van der Waals surface area (Å²) in [6.45, 7) is 4.68. The minimum absolute atomic E-state index is 0.458. The van der Waals surface area contributed by atoms with Crippen molar-refractivity contribution < 1.29 is 4.74 Å². The van der Waals surface area contributed by atoms with Gasteiger partial charge in [0.05, 0.1) is 11.0 Å². The zero-order chi connectivity index (χ0) is 13.9. The highest BCUT2D eigenvalue weighted by Gasteiger charge is 2.03. The Labute approximate surface area is 118 Å². The average Bonchev–Trinajstić information content (AvgIpc) is 2.87. The zero-order valence-electron chi connectivity index (χ0n) is 11.8. The Morgan fingerprint density at radius 2 is 1.90 bits per heavy atom. The Hall–Kier alpha value is -2.29. The molecule has 3 heteroatoms. The van der Waals surface area contributed by atoms with E-state index in [9.17, 15) is 0 Å². The minimum Gasteiger partial charge on any atom is -0.486 e. The van der Waals surface area contributed by atoms with Gasteiger partial charge in [-0.25, -0.2) is 4.98 Å². The molecule has 3 nitrogen and oxygen atoms in total. The maximum atomic E-state index is 5.76. The van der Waals surface area contributed by atoms with Gasteiger partial charge in [-0.1, -0.05) is 25.1 Å². The molecule has 0 amide bonds. The molecule has 0 atom stereocenters. The van der Waals surface area contributed by atoms with Crippen LogP contribution in [0.3, 0.4) is 0 Å². The third kappa shape index (κ3) is 2.67. The third-order valence-electron chi connectivity index (χ3n) is 3.39. The number of aromatic nitrogens is 2. The number of fused-ring (bicyclic) bond motifs is 1. The van der Waals surface area contributed by atoms with E-state index in [1.165, 1.54) is 11.1 Å². The number of hydrogen-bond acceptors (Lipinski definition) is 2. The molecule has 0 fully saturated rings. The maximum Gasteiger partial charge on any atom is 0.146 e. The van der Waals surface area contributed by atoms with Crippen molar-refractivity contribution in [2.24, 2.45) is 0 Å². The van der Waals surface area contributed by atoms with Crippen molar-refractivity contribution in [2.75, 3.05) is 0 Å². The van der Waals surface area contributed by atoms with Gasteiger partial charge in [0.15, 0.2) is 0 Å². The predicted octanol–water partition coefficient (Wildman–Crippen LogP) is 4.01. The molecule has 0 aliphatic heterocycles. The molecule has 0 saturated heterocycles. The van der Waals surface area contributed by atoms with Crippen LogP contribution in [0, 0.1) is 6.92 Å².